The van der Waals surface area contributed by atoms with Crippen LogP contribution in [0.3, 0.4) is 0 Å². The summed E-state index contributed by atoms with van der Waals surface area (Å²) in [6, 6.07) is 8.61. The minimum Gasteiger partial charge on any atom is -0.287 e. The fourth-order valence-corrected chi connectivity index (χ4v) is 1.66. The zero-order valence-corrected chi connectivity index (χ0v) is 9.90. The first-order chi connectivity index (χ1) is 7.99. The van der Waals surface area contributed by atoms with Crippen LogP contribution >= 0.6 is 0 Å². The van der Waals surface area contributed by atoms with Crippen molar-refractivity contribution in [1.82, 2.24) is 10.9 Å². The molecule has 1 aromatic carbocycles. The van der Waals surface area contributed by atoms with Crippen LogP contribution in [0.25, 0.3) is 0 Å². The topological polar surface area (TPSA) is 95.5 Å². The predicted octanol–water partition coefficient (Wildman–Crippen LogP) is 0.199. The fourth-order valence-electron chi connectivity index (χ4n) is 1.15. The predicted molar refractivity (Wildman–Crippen MR) is 62.9 cm³/mol. The Morgan fingerprint density at radius 2 is 1.88 bits per heavy atom. The lowest BCUT2D eigenvalue weighted by Crippen LogP contribution is -2.38. The van der Waals surface area contributed by atoms with Crippen molar-refractivity contribution in [2.45, 2.75) is 6.42 Å². The van der Waals surface area contributed by atoms with Crippen molar-refractivity contribution in [2.75, 3.05) is 12.3 Å². The average Bonchev–Trinajstić information content (AvgIpc) is 2.28. The average molecular weight is 258 g/mol. The highest BCUT2D eigenvalue weighted by Crippen LogP contribution is 1.96. The van der Waals surface area contributed by atoms with Crippen molar-refractivity contribution in [3.63, 3.8) is 0 Å². The van der Waals surface area contributed by atoms with Gasteiger partial charge in [0.1, 0.15) is 0 Å². The largest absolute Gasteiger partial charge is 0.287 e. The molecule has 0 aliphatic carbocycles. The second kappa shape index (κ2) is 6.33. The van der Waals surface area contributed by atoms with Gasteiger partial charge in [0.25, 0.3) is 16.0 Å². The van der Waals surface area contributed by atoms with Crippen LogP contribution in [0, 0.1) is 0 Å². The van der Waals surface area contributed by atoms with Gasteiger partial charge in [-0.25, -0.2) is 5.43 Å². The lowest BCUT2D eigenvalue weighted by atomic mass is 10.2. The normalized spacial score (nSPS) is 11.1. The third-order valence-electron chi connectivity index (χ3n) is 1.94. The van der Waals surface area contributed by atoms with Crippen LogP contribution in [0.4, 0.5) is 0 Å². The number of carbonyl (C=O) groups excluding carboxylic acids is 1. The monoisotopic (exact) mass is 258 g/mol. The van der Waals surface area contributed by atoms with E-state index in [9.17, 15) is 13.2 Å². The van der Waals surface area contributed by atoms with Gasteiger partial charge in [0.2, 0.25) is 0 Å². The number of rotatable bonds is 6. The molecule has 0 unspecified atom stereocenters. The number of carbonyl (C=O) groups is 1. The molecule has 17 heavy (non-hydrogen) atoms. The first-order valence-corrected chi connectivity index (χ1v) is 6.63. The highest BCUT2D eigenvalue weighted by molar-refractivity contribution is 7.85. The first-order valence-electron chi connectivity index (χ1n) is 5.02. The minimum atomic E-state index is -3.93. The highest BCUT2D eigenvalue weighted by atomic mass is 32.2. The van der Waals surface area contributed by atoms with Crippen LogP contribution in [-0.2, 0) is 10.1 Å². The van der Waals surface area contributed by atoms with Gasteiger partial charge >= 0.3 is 0 Å². The van der Waals surface area contributed by atoms with Gasteiger partial charge in [-0.3, -0.25) is 14.8 Å². The van der Waals surface area contributed by atoms with Crippen molar-refractivity contribution >= 4 is 16.0 Å². The fraction of sp³-hybridized carbons (Fsp3) is 0.300. The molecule has 1 amide bonds. The molecule has 0 radical (unpaired) electrons. The van der Waals surface area contributed by atoms with E-state index in [1.807, 2.05) is 0 Å². The van der Waals surface area contributed by atoms with Crippen molar-refractivity contribution in [1.29, 1.82) is 0 Å². The number of hydrazine groups is 1. The van der Waals surface area contributed by atoms with Crippen molar-refractivity contribution in [3.8, 4) is 0 Å². The summed E-state index contributed by atoms with van der Waals surface area (Å²) in [4.78, 5) is 11.5. The van der Waals surface area contributed by atoms with Crippen LogP contribution < -0.4 is 10.9 Å². The summed E-state index contributed by atoms with van der Waals surface area (Å²) in [7, 11) is -3.93. The maximum absolute atomic E-state index is 11.5. The summed E-state index contributed by atoms with van der Waals surface area (Å²) >= 11 is 0. The first kappa shape index (κ1) is 13.6. The Morgan fingerprint density at radius 3 is 2.47 bits per heavy atom. The molecule has 6 nitrogen and oxygen atoms in total. The molecule has 0 aliphatic rings. The maximum atomic E-state index is 11.5. The Bertz CT molecular complexity index is 458. The Hall–Kier alpha value is -1.44. The van der Waals surface area contributed by atoms with Gasteiger partial charge in [0.15, 0.2) is 0 Å². The number of hydrogen-bond acceptors (Lipinski definition) is 4. The van der Waals surface area contributed by atoms with E-state index in [0.29, 0.717) is 5.56 Å². The van der Waals surface area contributed by atoms with Gasteiger partial charge in [-0.05, 0) is 18.6 Å². The molecular weight excluding hydrogens is 244 g/mol. The Labute approximate surface area is 99.8 Å². The SMILES string of the molecule is O=C(NNCCCS(=O)(=O)O)c1ccccc1. The molecule has 0 spiro atoms. The van der Waals surface area contributed by atoms with E-state index in [2.05, 4.69) is 10.9 Å². The second-order valence-corrected chi connectivity index (χ2v) is 4.96. The molecule has 0 bridgehead atoms. The van der Waals surface area contributed by atoms with E-state index in [1.54, 1.807) is 30.3 Å². The lowest BCUT2D eigenvalue weighted by molar-refractivity contribution is 0.0933. The Balaban J connectivity index is 2.22. The van der Waals surface area contributed by atoms with Crippen molar-refractivity contribution in [3.05, 3.63) is 35.9 Å². The molecular formula is C10H14N2O4S. The van der Waals surface area contributed by atoms with Crippen LogP contribution in [0.5, 0.6) is 0 Å². The van der Waals surface area contributed by atoms with E-state index in [1.165, 1.54) is 0 Å². The van der Waals surface area contributed by atoms with Gasteiger partial charge in [-0.15, -0.1) is 0 Å². The number of benzene rings is 1. The molecule has 1 aromatic rings. The number of amides is 1. The van der Waals surface area contributed by atoms with Crippen molar-refractivity contribution < 1.29 is 17.8 Å². The van der Waals surface area contributed by atoms with Gasteiger partial charge in [0.05, 0.1) is 5.75 Å². The minimum absolute atomic E-state index is 0.216. The third kappa shape index (κ3) is 6.00. The van der Waals surface area contributed by atoms with Crippen molar-refractivity contribution in [2.24, 2.45) is 0 Å². The molecule has 0 saturated carbocycles. The Kier molecular flexibility index (Phi) is 5.08. The zero-order valence-electron chi connectivity index (χ0n) is 9.09. The van der Waals surface area contributed by atoms with Crippen LogP contribution in [-0.4, -0.2) is 31.2 Å². The van der Waals surface area contributed by atoms with Gasteiger partial charge in [-0.1, -0.05) is 18.2 Å². The standard InChI is InChI=1S/C10H14N2O4S/c13-10(9-5-2-1-3-6-9)12-11-7-4-8-17(14,15)16/h1-3,5-6,11H,4,7-8H2,(H,12,13)(H,14,15,16). The molecule has 3 N–H and O–H groups in total. The molecule has 7 heteroatoms. The van der Waals surface area contributed by atoms with E-state index in [0.717, 1.165) is 0 Å². The molecule has 0 atom stereocenters. The number of hydrogen-bond donors (Lipinski definition) is 3. The molecule has 0 aromatic heterocycles. The summed E-state index contributed by atoms with van der Waals surface area (Å²) < 4.78 is 29.2. The third-order valence-corrected chi connectivity index (χ3v) is 2.75. The molecule has 94 valence electrons. The summed E-state index contributed by atoms with van der Waals surface area (Å²) in [5.41, 5.74) is 5.51. The zero-order chi connectivity index (χ0) is 12.7. The van der Waals surface area contributed by atoms with E-state index in [-0.39, 0.29) is 24.6 Å². The molecule has 0 saturated heterocycles. The van der Waals surface area contributed by atoms with Gasteiger partial charge in [0, 0.05) is 12.1 Å². The summed E-state index contributed by atoms with van der Waals surface area (Å²) in [6.45, 7) is 0.262. The summed E-state index contributed by atoms with van der Waals surface area (Å²) in [5.74, 6) is -0.626. The maximum Gasteiger partial charge on any atom is 0.265 e. The van der Waals surface area contributed by atoms with Crippen LogP contribution in [0.15, 0.2) is 30.3 Å². The molecule has 0 heterocycles. The molecule has 0 aliphatic heterocycles. The van der Waals surface area contributed by atoms with Crippen LogP contribution in [0.1, 0.15) is 16.8 Å². The number of nitrogens with one attached hydrogen (secondary N) is 2. The van der Waals surface area contributed by atoms with E-state index >= 15 is 0 Å². The molecule has 0 fully saturated rings. The summed E-state index contributed by atoms with van der Waals surface area (Å²) in [5, 5.41) is 0. The summed E-state index contributed by atoms with van der Waals surface area (Å²) in [6.07, 6.45) is 0.216. The lowest BCUT2D eigenvalue weighted by Gasteiger charge is -2.06. The Morgan fingerprint density at radius 1 is 1.24 bits per heavy atom. The quantitative estimate of drug-likeness (QED) is 0.385. The highest BCUT2D eigenvalue weighted by Gasteiger charge is 2.05. The second-order valence-electron chi connectivity index (χ2n) is 3.39. The van der Waals surface area contributed by atoms with Gasteiger partial charge < -0.3 is 0 Å². The van der Waals surface area contributed by atoms with Crippen LogP contribution in [0.2, 0.25) is 0 Å². The smallest absolute Gasteiger partial charge is 0.265 e. The van der Waals surface area contributed by atoms with E-state index in [4.69, 9.17) is 4.55 Å². The van der Waals surface area contributed by atoms with E-state index < -0.39 is 10.1 Å². The molecule has 1 rings (SSSR count). The van der Waals surface area contributed by atoms with Gasteiger partial charge in [-0.2, -0.15) is 8.42 Å².